The lowest BCUT2D eigenvalue weighted by atomic mass is 10.2. The summed E-state index contributed by atoms with van der Waals surface area (Å²) in [5.74, 6) is 1.55. The van der Waals surface area contributed by atoms with E-state index >= 15 is 0 Å². The molecule has 130 valence electrons. The maximum Gasteiger partial charge on any atom is 0.261 e. The van der Waals surface area contributed by atoms with Crippen molar-refractivity contribution in [3.63, 3.8) is 0 Å². The van der Waals surface area contributed by atoms with Crippen LogP contribution in [-0.2, 0) is 10.0 Å². The first-order chi connectivity index (χ1) is 12.0. The molecule has 0 bridgehead atoms. The molecule has 0 saturated heterocycles. The summed E-state index contributed by atoms with van der Waals surface area (Å²) in [6, 6.07) is 13.0. The highest BCUT2D eigenvalue weighted by Gasteiger charge is 2.14. The van der Waals surface area contributed by atoms with E-state index in [0.29, 0.717) is 35.3 Å². The predicted molar refractivity (Wildman–Crippen MR) is 92.9 cm³/mol. The van der Waals surface area contributed by atoms with Crippen molar-refractivity contribution >= 4 is 15.7 Å². The number of sulfonamides is 1. The van der Waals surface area contributed by atoms with Crippen LogP contribution in [0.25, 0.3) is 11.5 Å². The number of aryl methyl sites for hydroxylation is 1. The minimum atomic E-state index is -3.68. The summed E-state index contributed by atoms with van der Waals surface area (Å²) in [6.45, 7) is 4.12. The lowest BCUT2D eigenvalue weighted by molar-refractivity contribution is 0.340. The fraction of sp³-hybridized carbons (Fsp3) is 0.176. The highest BCUT2D eigenvalue weighted by atomic mass is 32.2. The van der Waals surface area contributed by atoms with Gasteiger partial charge in [-0.15, -0.1) is 0 Å². The molecule has 3 aromatic rings. The van der Waals surface area contributed by atoms with Crippen LogP contribution < -0.4 is 9.46 Å². The highest BCUT2D eigenvalue weighted by molar-refractivity contribution is 7.92. The molecule has 0 saturated carbocycles. The van der Waals surface area contributed by atoms with E-state index < -0.39 is 10.0 Å². The molecule has 7 nitrogen and oxygen atoms in total. The summed E-state index contributed by atoms with van der Waals surface area (Å²) >= 11 is 0. The molecule has 25 heavy (non-hydrogen) atoms. The van der Waals surface area contributed by atoms with Crippen molar-refractivity contribution in [1.82, 2.24) is 10.1 Å². The zero-order valence-corrected chi connectivity index (χ0v) is 14.6. The summed E-state index contributed by atoms with van der Waals surface area (Å²) in [7, 11) is -3.68. The van der Waals surface area contributed by atoms with E-state index in [9.17, 15) is 8.42 Å². The van der Waals surface area contributed by atoms with Crippen LogP contribution in [0.15, 0.2) is 57.9 Å². The van der Waals surface area contributed by atoms with Gasteiger partial charge in [-0.05, 0) is 62.4 Å². The number of hydrogen-bond donors (Lipinski definition) is 1. The molecule has 2 aromatic carbocycles. The summed E-state index contributed by atoms with van der Waals surface area (Å²) in [4.78, 5) is 4.29. The number of benzene rings is 2. The monoisotopic (exact) mass is 359 g/mol. The van der Waals surface area contributed by atoms with Crippen LogP contribution in [0.1, 0.15) is 12.7 Å². The maximum absolute atomic E-state index is 12.4. The summed E-state index contributed by atoms with van der Waals surface area (Å²) in [5, 5.41) is 3.73. The second-order valence-electron chi connectivity index (χ2n) is 5.23. The summed E-state index contributed by atoms with van der Waals surface area (Å²) in [5.41, 5.74) is 1.15. The normalized spacial score (nSPS) is 11.3. The second kappa shape index (κ2) is 6.94. The second-order valence-corrected chi connectivity index (χ2v) is 6.92. The van der Waals surface area contributed by atoms with Crippen LogP contribution in [-0.4, -0.2) is 25.2 Å². The zero-order chi connectivity index (χ0) is 17.9. The first-order valence-corrected chi connectivity index (χ1v) is 9.12. The van der Waals surface area contributed by atoms with E-state index in [2.05, 4.69) is 14.9 Å². The Morgan fingerprint density at radius 2 is 1.76 bits per heavy atom. The Labute approximate surface area is 145 Å². The molecular formula is C17H17N3O4S. The number of anilines is 1. The number of hydrogen-bond acceptors (Lipinski definition) is 6. The van der Waals surface area contributed by atoms with Gasteiger partial charge in [0.05, 0.1) is 11.5 Å². The van der Waals surface area contributed by atoms with Gasteiger partial charge in [0, 0.05) is 11.3 Å². The minimum absolute atomic E-state index is 0.160. The van der Waals surface area contributed by atoms with Gasteiger partial charge in [0.15, 0.2) is 5.82 Å². The van der Waals surface area contributed by atoms with Gasteiger partial charge in [-0.2, -0.15) is 4.98 Å². The Kier molecular flexibility index (Phi) is 4.71. The van der Waals surface area contributed by atoms with Gasteiger partial charge < -0.3 is 9.26 Å². The van der Waals surface area contributed by atoms with Crippen molar-refractivity contribution in [1.29, 1.82) is 0 Å². The van der Waals surface area contributed by atoms with Crippen molar-refractivity contribution in [2.24, 2.45) is 0 Å². The predicted octanol–water partition coefficient (Wildman–Crippen LogP) is 3.24. The molecule has 0 aliphatic rings. The number of nitrogens with one attached hydrogen (secondary N) is 1. The quantitative estimate of drug-likeness (QED) is 0.726. The van der Waals surface area contributed by atoms with Gasteiger partial charge in [-0.1, -0.05) is 5.16 Å². The van der Waals surface area contributed by atoms with E-state index in [-0.39, 0.29) is 4.90 Å². The molecule has 0 amide bonds. The lowest BCUT2D eigenvalue weighted by Gasteiger charge is -2.09. The zero-order valence-electron chi connectivity index (χ0n) is 13.8. The average molecular weight is 359 g/mol. The molecule has 1 aromatic heterocycles. The number of rotatable bonds is 6. The highest BCUT2D eigenvalue weighted by Crippen LogP contribution is 2.22. The Hall–Kier alpha value is -2.87. The van der Waals surface area contributed by atoms with Crippen LogP contribution in [0, 0.1) is 6.92 Å². The van der Waals surface area contributed by atoms with Gasteiger partial charge in [0.1, 0.15) is 5.75 Å². The summed E-state index contributed by atoms with van der Waals surface area (Å²) < 4.78 is 37.8. The average Bonchev–Trinajstić information content (AvgIpc) is 3.02. The summed E-state index contributed by atoms with van der Waals surface area (Å²) in [6.07, 6.45) is 0. The van der Waals surface area contributed by atoms with Crippen molar-refractivity contribution < 1.29 is 17.7 Å². The smallest absolute Gasteiger partial charge is 0.261 e. The van der Waals surface area contributed by atoms with E-state index in [1.165, 1.54) is 12.1 Å². The topological polar surface area (TPSA) is 94.3 Å². The Morgan fingerprint density at radius 3 is 2.32 bits per heavy atom. The van der Waals surface area contributed by atoms with Gasteiger partial charge >= 0.3 is 0 Å². The molecule has 0 radical (unpaired) electrons. The lowest BCUT2D eigenvalue weighted by Crippen LogP contribution is -2.12. The largest absolute Gasteiger partial charge is 0.494 e. The maximum atomic E-state index is 12.4. The molecule has 0 aliphatic heterocycles. The molecule has 3 rings (SSSR count). The molecule has 0 spiro atoms. The molecule has 0 fully saturated rings. The fourth-order valence-corrected chi connectivity index (χ4v) is 3.25. The first kappa shape index (κ1) is 17.0. The molecular weight excluding hydrogens is 342 g/mol. The van der Waals surface area contributed by atoms with Crippen molar-refractivity contribution in [2.45, 2.75) is 18.7 Å². The number of nitrogens with zero attached hydrogens (tertiary/aromatic N) is 2. The van der Waals surface area contributed by atoms with Crippen LogP contribution in [0.3, 0.4) is 0 Å². The SMILES string of the molecule is CCOc1ccc(S(=O)(=O)Nc2ccc(-c3nc(C)no3)cc2)cc1. The van der Waals surface area contributed by atoms with Crippen molar-refractivity contribution in [3.8, 4) is 17.2 Å². The molecule has 1 N–H and O–H groups in total. The molecule has 8 heteroatoms. The molecule has 0 unspecified atom stereocenters. The van der Waals surface area contributed by atoms with Crippen molar-refractivity contribution in [3.05, 3.63) is 54.4 Å². The van der Waals surface area contributed by atoms with E-state index in [4.69, 9.17) is 9.26 Å². The third-order valence-corrected chi connectivity index (χ3v) is 4.75. The van der Waals surface area contributed by atoms with Gasteiger partial charge in [-0.3, -0.25) is 4.72 Å². The van der Waals surface area contributed by atoms with E-state index in [0.717, 1.165) is 0 Å². The van der Waals surface area contributed by atoms with E-state index in [1.807, 2.05) is 6.92 Å². The van der Waals surface area contributed by atoms with Crippen LogP contribution in [0.2, 0.25) is 0 Å². The fourth-order valence-electron chi connectivity index (χ4n) is 2.19. The van der Waals surface area contributed by atoms with Crippen LogP contribution in [0.5, 0.6) is 5.75 Å². The molecule has 0 aliphatic carbocycles. The van der Waals surface area contributed by atoms with Gasteiger partial charge in [0.2, 0.25) is 0 Å². The van der Waals surface area contributed by atoms with Crippen LogP contribution in [0.4, 0.5) is 5.69 Å². The van der Waals surface area contributed by atoms with Crippen LogP contribution >= 0.6 is 0 Å². The molecule has 0 atom stereocenters. The third-order valence-electron chi connectivity index (χ3n) is 3.36. The number of aromatic nitrogens is 2. The number of ether oxygens (including phenoxy) is 1. The van der Waals surface area contributed by atoms with Gasteiger partial charge in [-0.25, -0.2) is 8.42 Å². The van der Waals surface area contributed by atoms with Crippen molar-refractivity contribution in [2.75, 3.05) is 11.3 Å². The Morgan fingerprint density at radius 1 is 1.08 bits per heavy atom. The van der Waals surface area contributed by atoms with Gasteiger partial charge in [0.25, 0.3) is 15.9 Å². The molecule has 1 heterocycles. The first-order valence-electron chi connectivity index (χ1n) is 7.64. The Bertz CT molecular complexity index is 948. The van der Waals surface area contributed by atoms with E-state index in [1.54, 1.807) is 43.3 Å². The minimum Gasteiger partial charge on any atom is -0.494 e. The standard InChI is InChI=1S/C17H17N3O4S/c1-3-23-15-8-10-16(11-9-15)25(21,22)20-14-6-4-13(5-7-14)17-18-12(2)19-24-17/h4-11,20H,3H2,1-2H3. The third kappa shape index (κ3) is 3.97. The Balaban J connectivity index is 1.76.